The highest BCUT2D eigenvalue weighted by atomic mass is 19.2. The van der Waals surface area contributed by atoms with Crippen LogP contribution in [0, 0.1) is 24.3 Å². The van der Waals surface area contributed by atoms with E-state index in [0.29, 0.717) is 5.75 Å². The fourth-order valence-electron chi connectivity index (χ4n) is 6.97. The quantitative estimate of drug-likeness (QED) is 0.0668. The highest BCUT2D eigenvalue weighted by Gasteiger charge is 2.65. The Morgan fingerprint density at radius 2 is 1.52 bits per heavy atom. The number of nitrogens with one attached hydrogen (secondary N) is 1. The monoisotopic (exact) mass is 699 g/mol. The number of benzene rings is 4. The molecule has 1 fully saturated rings. The number of anilines is 1. The molecule has 1 saturated heterocycles. The average molecular weight is 700 g/mol. The number of methoxy groups -OCH3 is 1. The fourth-order valence-corrected chi connectivity index (χ4v) is 6.97. The molecule has 0 amide bonds. The summed E-state index contributed by atoms with van der Waals surface area (Å²) in [6.45, 7) is 3.12. The predicted molar refractivity (Wildman–Crippen MR) is 192 cm³/mol. The lowest BCUT2D eigenvalue weighted by molar-refractivity contribution is -0.173. The number of nitrogens with zero attached hydrogens (tertiary/aromatic N) is 4. The largest absolute Gasteiger partial charge is 0.497 e. The molecular weight excluding hydrogens is 664 g/mol. The number of fused-ring (bicyclic) bond motifs is 1. The van der Waals surface area contributed by atoms with Crippen molar-refractivity contribution in [1.29, 1.82) is 0 Å². The van der Waals surface area contributed by atoms with E-state index in [1.807, 2.05) is 84.9 Å². The highest BCUT2D eigenvalue weighted by Crippen LogP contribution is 2.53. The van der Waals surface area contributed by atoms with Crippen LogP contribution in [0.3, 0.4) is 0 Å². The molecular formula is C41H35F2N5O4. The van der Waals surface area contributed by atoms with Crippen LogP contribution < -0.4 is 10.1 Å². The number of ether oxygens (including phenoxy) is 3. The molecule has 52 heavy (non-hydrogen) atoms. The Hall–Kier alpha value is -6.12. The standard InChI is InChI=1S/C41H35F2N5O4/c1-5-39(51-36(49)28-16-10-7-11-17-28)27(3)40(43,6-2)52-37(39)48-26-44-33-34(45-38(42)46-35(33)48)47-41(29-18-12-8-13-19-29,30-20-14-9-15-21-30)31-22-24-32(50-4)25-23-31/h1,7-27,37H,6H2,2-4H3,(H,45,46,47)/t27-,37+,39+,40+/m0/s1. The van der Waals surface area contributed by atoms with Crippen molar-refractivity contribution in [2.24, 2.45) is 5.92 Å². The van der Waals surface area contributed by atoms with E-state index in [1.165, 1.54) is 17.8 Å². The number of hydrogen-bond acceptors (Lipinski definition) is 8. The molecule has 0 aliphatic carbocycles. The van der Waals surface area contributed by atoms with E-state index in [-0.39, 0.29) is 29.0 Å². The number of halogens is 2. The summed E-state index contributed by atoms with van der Waals surface area (Å²) in [6, 6.07) is 35.0. The third-order valence-corrected chi connectivity index (χ3v) is 9.83. The molecule has 4 aromatic carbocycles. The van der Waals surface area contributed by atoms with E-state index in [4.69, 9.17) is 20.6 Å². The molecule has 1 N–H and O–H groups in total. The summed E-state index contributed by atoms with van der Waals surface area (Å²) in [4.78, 5) is 26.4. The number of esters is 1. The van der Waals surface area contributed by atoms with Crippen molar-refractivity contribution in [3.8, 4) is 18.1 Å². The van der Waals surface area contributed by atoms with Gasteiger partial charge in [0.2, 0.25) is 11.5 Å². The first kappa shape index (κ1) is 34.3. The number of imidazole rings is 1. The second kappa shape index (κ2) is 13.5. The minimum atomic E-state index is -2.32. The van der Waals surface area contributed by atoms with Gasteiger partial charge in [0.1, 0.15) is 11.3 Å². The van der Waals surface area contributed by atoms with Gasteiger partial charge in [-0.15, -0.1) is 6.42 Å². The number of hydrogen-bond donors (Lipinski definition) is 1. The molecule has 4 atom stereocenters. The van der Waals surface area contributed by atoms with Crippen LogP contribution >= 0.6 is 0 Å². The molecule has 6 aromatic rings. The molecule has 2 aromatic heterocycles. The lowest BCUT2D eigenvalue weighted by Gasteiger charge is -2.37. The van der Waals surface area contributed by atoms with Crippen molar-refractivity contribution in [3.05, 3.63) is 150 Å². The first-order valence-electron chi connectivity index (χ1n) is 16.8. The molecule has 3 heterocycles. The molecule has 1 aliphatic rings. The summed E-state index contributed by atoms with van der Waals surface area (Å²) >= 11 is 0. The van der Waals surface area contributed by atoms with Crippen molar-refractivity contribution in [2.45, 2.75) is 43.5 Å². The van der Waals surface area contributed by atoms with Crippen molar-refractivity contribution >= 4 is 23.0 Å². The molecule has 7 rings (SSSR count). The summed E-state index contributed by atoms with van der Waals surface area (Å²) in [5.41, 5.74) is -0.429. The van der Waals surface area contributed by atoms with Crippen LogP contribution in [0.1, 0.15) is 53.5 Å². The Morgan fingerprint density at radius 3 is 2.08 bits per heavy atom. The maximum atomic E-state index is 16.5. The van der Waals surface area contributed by atoms with Crippen molar-refractivity contribution in [1.82, 2.24) is 19.5 Å². The van der Waals surface area contributed by atoms with Gasteiger partial charge in [-0.3, -0.25) is 4.57 Å². The summed E-state index contributed by atoms with van der Waals surface area (Å²) in [5.74, 6) is -1.01. The smallest absolute Gasteiger partial charge is 0.339 e. The number of rotatable bonds is 10. The number of carbonyl (C=O) groups is 1. The van der Waals surface area contributed by atoms with Gasteiger partial charge in [0, 0.05) is 6.42 Å². The summed E-state index contributed by atoms with van der Waals surface area (Å²) in [7, 11) is 1.59. The molecule has 9 nitrogen and oxygen atoms in total. The maximum absolute atomic E-state index is 16.5. The Morgan fingerprint density at radius 1 is 0.942 bits per heavy atom. The van der Waals surface area contributed by atoms with Gasteiger partial charge < -0.3 is 19.5 Å². The molecule has 0 saturated carbocycles. The van der Waals surface area contributed by atoms with Gasteiger partial charge in [-0.2, -0.15) is 14.4 Å². The number of aromatic nitrogens is 4. The van der Waals surface area contributed by atoms with E-state index >= 15 is 8.78 Å². The predicted octanol–water partition coefficient (Wildman–Crippen LogP) is 7.85. The third kappa shape index (κ3) is 5.61. The molecule has 262 valence electrons. The minimum Gasteiger partial charge on any atom is -0.497 e. The zero-order valence-corrected chi connectivity index (χ0v) is 28.7. The SMILES string of the molecule is C#C[C@]1(OC(=O)c2ccccc2)[C@H](n2cnc3c(NC(c4ccccc4)(c4ccccc4)c4ccc(OC)cc4)nc(F)nc32)O[C@](F)(CC)[C@H]1C. The van der Waals surface area contributed by atoms with Gasteiger partial charge >= 0.3 is 12.0 Å². The molecule has 11 heteroatoms. The van der Waals surface area contributed by atoms with Crippen LogP contribution in [0.15, 0.2) is 122 Å². The van der Waals surface area contributed by atoms with Crippen LogP contribution in [-0.4, -0.2) is 44.1 Å². The lowest BCUT2D eigenvalue weighted by atomic mass is 9.77. The fraction of sp³-hybridized carbons (Fsp3) is 0.220. The highest BCUT2D eigenvalue weighted by molar-refractivity contribution is 5.90. The molecule has 0 bridgehead atoms. The summed E-state index contributed by atoms with van der Waals surface area (Å²) in [5, 5.41) is 3.54. The zero-order valence-electron chi connectivity index (χ0n) is 28.7. The van der Waals surface area contributed by atoms with Crippen LogP contribution in [-0.2, 0) is 15.0 Å². The van der Waals surface area contributed by atoms with Gasteiger partial charge in [-0.1, -0.05) is 111 Å². The van der Waals surface area contributed by atoms with Gasteiger partial charge in [-0.05, 0) is 41.0 Å². The average Bonchev–Trinajstić information content (AvgIpc) is 3.71. The molecule has 1 aliphatic heterocycles. The first-order valence-corrected chi connectivity index (χ1v) is 16.8. The van der Waals surface area contributed by atoms with Gasteiger partial charge in [0.25, 0.3) is 0 Å². The molecule has 0 unspecified atom stereocenters. The Balaban J connectivity index is 1.41. The van der Waals surface area contributed by atoms with Crippen molar-refractivity contribution < 1.29 is 27.8 Å². The minimum absolute atomic E-state index is 0.0328. The van der Waals surface area contributed by atoms with Crippen LogP contribution in [0.4, 0.5) is 14.6 Å². The van der Waals surface area contributed by atoms with Crippen LogP contribution in [0.2, 0.25) is 0 Å². The Bertz CT molecular complexity index is 2210. The third-order valence-electron chi connectivity index (χ3n) is 9.83. The van der Waals surface area contributed by atoms with Gasteiger partial charge in [0.15, 0.2) is 23.2 Å². The number of terminal acetylenes is 1. The van der Waals surface area contributed by atoms with E-state index < -0.39 is 41.2 Å². The van der Waals surface area contributed by atoms with Crippen LogP contribution in [0.5, 0.6) is 5.75 Å². The van der Waals surface area contributed by atoms with Gasteiger partial charge in [-0.25, -0.2) is 14.2 Å². The topological polar surface area (TPSA) is 100 Å². The van der Waals surface area contributed by atoms with Crippen molar-refractivity contribution in [2.75, 3.05) is 12.4 Å². The molecule has 0 spiro atoms. The summed E-state index contributed by atoms with van der Waals surface area (Å²) in [6.07, 6.45) is 4.75. The van der Waals surface area contributed by atoms with E-state index in [0.717, 1.165) is 16.7 Å². The van der Waals surface area contributed by atoms with Crippen molar-refractivity contribution in [3.63, 3.8) is 0 Å². The first-order chi connectivity index (χ1) is 25.2. The normalized spacial score (nSPS) is 21.4. The number of alkyl halides is 1. The van der Waals surface area contributed by atoms with E-state index in [1.54, 1.807) is 44.4 Å². The Kier molecular flexibility index (Phi) is 8.94. The Labute approximate surface area is 299 Å². The lowest BCUT2D eigenvalue weighted by Crippen LogP contribution is -2.46. The second-order valence-electron chi connectivity index (χ2n) is 12.5. The number of carbonyl (C=O) groups excluding carboxylic acids is 1. The second-order valence-corrected chi connectivity index (χ2v) is 12.5. The van der Waals surface area contributed by atoms with Gasteiger partial charge in [0.05, 0.1) is 24.9 Å². The van der Waals surface area contributed by atoms with Crippen LogP contribution in [0.25, 0.3) is 11.2 Å². The summed E-state index contributed by atoms with van der Waals surface area (Å²) < 4.78 is 51.1. The molecule has 0 radical (unpaired) electrons. The van der Waals surface area contributed by atoms with E-state index in [9.17, 15) is 4.79 Å². The maximum Gasteiger partial charge on any atom is 0.339 e. The zero-order chi connectivity index (χ0) is 36.5. The van der Waals surface area contributed by atoms with E-state index in [2.05, 4.69) is 26.2 Å².